The van der Waals surface area contributed by atoms with E-state index < -0.39 is 0 Å². The second-order valence-corrected chi connectivity index (χ2v) is 6.34. The third-order valence-corrected chi connectivity index (χ3v) is 4.69. The molecule has 19 heavy (non-hydrogen) atoms. The lowest BCUT2D eigenvalue weighted by molar-refractivity contribution is -0.132. The average Bonchev–Trinajstić information content (AvgIpc) is 3.02. The molecule has 0 bridgehead atoms. The Balaban J connectivity index is 1.49. The predicted octanol–water partition coefficient (Wildman–Crippen LogP) is 0.0916. The van der Waals surface area contributed by atoms with Gasteiger partial charge in [-0.2, -0.15) is 0 Å². The molecule has 0 aromatic rings. The Morgan fingerprint density at radius 1 is 1.32 bits per heavy atom. The highest BCUT2D eigenvalue weighted by atomic mass is 16.5. The molecule has 3 fully saturated rings. The van der Waals surface area contributed by atoms with E-state index in [9.17, 15) is 4.79 Å². The molecule has 5 heteroatoms. The molecule has 0 aromatic carbocycles. The van der Waals surface area contributed by atoms with Crippen molar-refractivity contribution >= 4 is 5.91 Å². The zero-order chi connectivity index (χ0) is 13.4. The van der Waals surface area contributed by atoms with Gasteiger partial charge in [0.15, 0.2) is 0 Å². The number of ether oxygens (including phenoxy) is 1. The second-order valence-electron chi connectivity index (χ2n) is 6.34. The van der Waals surface area contributed by atoms with Crippen LogP contribution in [0.15, 0.2) is 0 Å². The third-order valence-electron chi connectivity index (χ3n) is 4.69. The van der Waals surface area contributed by atoms with Crippen LogP contribution in [-0.4, -0.2) is 54.7 Å². The van der Waals surface area contributed by atoms with Crippen LogP contribution in [0.5, 0.6) is 0 Å². The van der Waals surface area contributed by atoms with Crippen LogP contribution >= 0.6 is 0 Å². The van der Waals surface area contributed by atoms with Gasteiger partial charge in [0.05, 0.1) is 6.10 Å². The van der Waals surface area contributed by atoms with Gasteiger partial charge in [0.1, 0.15) is 6.10 Å². The summed E-state index contributed by atoms with van der Waals surface area (Å²) < 4.78 is 5.65. The summed E-state index contributed by atoms with van der Waals surface area (Å²) >= 11 is 0. The van der Waals surface area contributed by atoms with E-state index in [0.717, 1.165) is 32.0 Å². The highest BCUT2D eigenvalue weighted by Crippen LogP contribution is 2.32. The van der Waals surface area contributed by atoms with Crippen LogP contribution in [-0.2, 0) is 9.53 Å². The molecular weight excluding hydrogens is 242 g/mol. The van der Waals surface area contributed by atoms with E-state index >= 15 is 0 Å². The normalized spacial score (nSPS) is 39.7. The molecule has 0 radical (unpaired) electrons. The first-order valence-corrected chi connectivity index (χ1v) is 7.57. The second kappa shape index (κ2) is 5.38. The SMILES string of the molecule is CC1CN(C2CC2)CC1NC(=O)[C@@H]1CC[C@H](CN)O1. The first-order valence-electron chi connectivity index (χ1n) is 7.57. The molecule has 1 aliphatic carbocycles. The maximum atomic E-state index is 12.2. The summed E-state index contributed by atoms with van der Waals surface area (Å²) in [7, 11) is 0. The van der Waals surface area contributed by atoms with Crippen molar-refractivity contribution in [1.82, 2.24) is 10.2 Å². The smallest absolute Gasteiger partial charge is 0.249 e. The van der Waals surface area contributed by atoms with E-state index in [-0.39, 0.29) is 24.2 Å². The fourth-order valence-corrected chi connectivity index (χ4v) is 3.28. The highest BCUT2D eigenvalue weighted by molar-refractivity contribution is 5.81. The van der Waals surface area contributed by atoms with Crippen LogP contribution in [0.25, 0.3) is 0 Å². The molecule has 2 heterocycles. The number of hydrogen-bond acceptors (Lipinski definition) is 4. The zero-order valence-electron chi connectivity index (χ0n) is 11.7. The molecule has 3 rings (SSSR count). The largest absolute Gasteiger partial charge is 0.364 e. The van der Waals surface area contributed by atoms with E-state index in [2.05, 4.69) is 17.1 Å². The molecule has 2 unspecified atom stereocenters. The van der Waals surface area contributed by atoms with E-state index in [1.54, 1.807) is 0 Å². The summed E-state index contributed by atoms with van der Waals surface area (Å²) in [6.07, 6.45) is 4.16. The summed E-state index contributed by atoms with van der Waals surface area (Å²) in [5.74, 6) is 0.599. The van der Waals surface area contributed by atoms with Crippen LogP contribution in [0.3, 0.4) is 0 Å². The van der Waals surface area contributed by atoms with Gasteiger partial charge < -0.3 is 15.8 Å². The van der Waals surface area contributed by atoms with Crippen molar-refractivity contribution < 1.29 is 9.53 Å². The maximum Gasteiger partial charge on any atom is 0.249 e. The van der Waals surface area contributed by atoms with Gasteiger partial charge in [0.25, 0.3) is 0 Å². The van der Waals surface area contributed by atoms with Gasteiger partial charge in [-0.1, -0.05) is 6.92 Å². The number of nitrogens with zero attached hydrogens (tertiary/aromatic N) is 1. The summed E-state index contributed by atoms with van der Waals surface area (Å²) in [5, 5.41) is 3.18. The number of nitrogens with two attached hydrogens (primary N) is 1. The maximum absolute atomic E-state index is 12.2. The fourth-order valence-electron chi connectivity index (χ4n) is 3.28. The Hall–Kier alpha value is -0.650. The number of hydrogen-bond donors (Lipinski definition) is 2. The molecule has 108 valence electrons. The Morgan fingerprint density at radius 3 is 2.74 bits per heavy atom. The Morgan fingerprint density at radius 2 is 2.11 bits per heavy atom. The van der Waals surface area contributed by atoms with Crippen molar-refractivity contribution in [1.29, 1.82) is 0 Å². The number of rotatable bonds is 4. The number of likely N-dealkylation sites (tertiary alicyclic amines) is 1. The van der Waals surface area contributed by atoms with E-state index in [1.807, 2.05) is 0 Å². The van der Waals surface area contributed by atoms with Gasteiger partial charge in [-0.3, -0.25) is 9.69 Å². The van der Waals surface area contributed by atoms with Crippen LogP contribution in [0.1, 0.15) is 32.6 Å². The molecule has 3 aliphatic rings. The molecule has 2 saturated heterocycles. The molecule has 1 saturated carbocycles. The van der Waals surface area contributed by atoms with Crippen LogP contribution in [0, 0.1) is 5.92 Å². The number of amides is 1. The van der Waals surface area contributed by atoms with Crippen molar-refractivity contribution in [2.24, 2.45) is 11.7 Å². The molecule has 0 spiro atoms. The van der Waals surface area contributed by atoms with Gasteiger partial charge in [0.2, 0.25) is 5.91 Å². The van der Waals surface area contributed by atoms with Crippen molar-refractivity contribution in [3.63, 3.8) is 0 Å². The minimum atomic E-state index is -0.282. The Bertz CT molecular complexity index is 346. The fraction of sp³-hybridized carbons (Fsp3) is 0.929. The van der Waals surface area contributed by atoms with E-state index in [4.69, 9.17) is 10.5 Å². The zero-order valence-corrected chi connectivity index (χ0v) is 11.7. The summed E-state index contributed by atoms with van der Waals surface area (Å²) in [6, 6.07) is 1.07. The van der Waals surface area contributed by atoms with Crippen molar-refractivity contribution in [2.75, 3.05) is 19.6 Å². The number of nitrogens with one attached hydrogen (secondary N) is 1. The highest BCUT2D eigenvalue weighted by Gasteiger charge is 2.40. The van der Waals surface area contributed by atoms with Crippen molar-refractivity contribution in [3.8, 4) is 0 Å². The monoisotopic (exact) mass is 267 g/mol. The minimum Gasteiger partial charge on any atom is -0.364 e. The molecular formula is C14H25N3O2. The molecule has 5 nitrogen and oxygen atoms in total. The lowest BCUT2D eigenvalue weighted by atomic mass is 10.1. The Kier molecular flexibility index (Phi) is 3.78. The summed E-state index contributed by atoms with van der Waals surface area (Å²) in [4.78, 5) is 14.7. The third kappa shape index (κ3) is 2.93. The first-order chi connectivity index (χ1) is 9.17. The lowest BCUT2D eigenvalue weighted by Gasteiger charge is -2.20. The minimum absolute atomic E-state index is 0.0606. The van der Waals surface area contributed by atoms with E-state index in [1.165, 1.54) is 12.8 Å². The van der Waals surface area contributed by atoms with Crippen molar-refractivity contribution in [3.05, 3.63) is 0 Å². The lowest BCUT2D eigenvalue weighted by Crippen LogP contribution is -2.45. The van der Waals surface area contributed by atoms with Crippen molar-refractivity contribution in [2.45, 2.75) is 56.9 Å². The molecule has 1 amide bonds. The van der Waals surface area contributed by atoms with Gasteiger partial charge in [-0.05, 0) is 31.6 Å². The average molecular weight is 267 g/mol. The predicted molar refractivity (Wildman–Crippen MR) is 72.6 cm³/mol. The Labute approximate surface area is 114 Å². The quantitative estimate of drug-likeness (QED) is 0.757. The molecule has 3 N–H and O–H groups in total. The summed E-state index contributed by atoms with van der Waals surface area (Å²) in [6.45, 7) is 4.86. The van der Waals surface area contributed by atoms with Gasteiger partial charge >= 0.3 is 0 Å². The molecule has 2 aliphatic heterocycles. The molecule has 0 aromatic heterocycles. The first kappa shape index (κ1) is 13.3. The van der Waals surface area contributed by atoms with E-state index in [0.29, 0.717) is 12.5 Å². The number of carbonyl (C=O) groups is 1. The van der Waals surface area contributed by atoms with Crippen LogP contribution in [0.2, 0.25) is 0 Å². The van der Waals surface area contributed by atoms with Crippen LogP contribution in [0.4, 0.5) is 0 Å². The molecule has 4 atom stereocenters. The van der Waals surface area contributed by atoms with Gasteiger partial charge in [-0.15, -0.1) is 0 Å². The number of carbonyl (C=O) groups excluding carboxylic acids is 1. The van der Waals surface area contributed by atoms with Crippen LogP contribution < -0.4 is 11.1 Å². The topological polar surface area (TPSA) is 67.6 Å². The van der Waals surface area contributed by atoms with Gasteiger partial charge in [0, 0.05) is 31.7 Å². The van der Waals surface area contributed by atoms with Gasteiger partial charge in [-0.25, -0.2) is 0 Å². The standard InChI is InChI=1S/C14H25N3O2/c1-9-7-17(10-2-3-10)8-12(9)16-14(18)13-5-4-11(6-15)19-13/h9-13H,2-8,15H2,1H3,(H,16,18)/t9?,11-,12?,13+/m1/s1. The summed E-state index contributed by atoms with van der Waals surface area (Å²) in [5.41, 5.74) is 5.58.